The molecule has 5 nitrogen and oxygen atoms in total. The Morgan fingerprint density at radius 2 is 1.71 bits per heavy atom. The Labute approximate surface area is 143 Å². The molecule has 2 aromatic rings. The SMILES string of the molecule is CC(=O)Nc1cc(NC(=O)c2cc(C)n(C(C)C)c2C)ccc1C. The lowest BCUT2D eigenvalue weighted by Crippen LogP contribution is -2.14. The molecule has 0 unspecified atom stereocenters. The summed E-state index contributed by atoms with van der Waals surface area (Å²) < 4.78 is 2.15. The van der Waals surface area contributed by atoms with Crippen LogP contribution in [0.15, 0.2) is 24.3 Å². The van der Waals surface area contributed by atoms with E-state index in [9.17, 15) is 9.59 Å². The number of aromatic nitrogens is 1. The number of carbonyl (C=O) groups excluding carboxylic acids is 2. The number of anilines is 2. The van der Waals surface area contributed by atoms with Crippen LogP contribution in [0.5, 0.6) is 0 Å². The van der Waals surface area contributed by atoms with Gasteiger partial charge in [-0.3, -0.25) is 9.59 Å². The first-order valence-electron chi connectivity index (χ1n) is 8.08. The van der Waals surface area contributed by atoms with Crippen molar-refractivity contribution in [3.05, 3.63) is 46.8 Å². The molecular weight excluding hydrogens is 302 g/mol. The van der Waals surface area contributed by atoms with Crippen molar-refractivity contribution < 1.29 is 9.59 Å². The second kappa shape index (κ2) is 6.91. The molecule has 1 aromatic carbocycles. The third-order valence-electron chi connectivity index (χ3n) is 4.05. The lowest BCUT2D eigenvalue weighted by Gasteiger charge is -2.14. The molecule has 0 aliphatic rings. The summed E-state index contributed by atoms with van der Waals surface area (Å²) in [6.07, 6.45) is 0. The number of benzene rings is 1. The molecule has 0 aliphatic heterocycles. The van der Waals surface area contributed by atoms with Crippen LogP contribution >= 0.6 is 0 Å². The zero-order valence-electron chi connectivity index (χ0n) is 15.2. The van der Waals surface area contributed by atoms with Crippen molar-refractivity contribution in [2.75, 3.05) is 10.6 Å². The van der Waals surface area contributed by atoms with Crippen LogP contribution in [-0.2, 0) is 4.79 Å². The van der Waals surface area contributed by atoms with Crippen molar-refractivity contribution in [1.82, 2.24) is 4.57 Å². The molecule has 0 aliphatic carbocycles. The maximum Gasteiger partial charge on any atom is 0.257 e. The van der Waals surface area contributed by atoms with Crippen LogP contribution in [0.25, 0.3) is 0 Å². The lowest BCUT2D eigenvalue weighted by atomic mass is 10.1. The maximum absolute atomic E-state index is 12.6. The van der Waals surface area contributed by atoms with Gasteiger partial charge in [0, 0.05) is 35.7 Å². The molecular formula is C19H25N3O2. The van der Waals surface area contributed by atoms with Gasteiger partial charge < -0.3 is 15.2 Å². The molecule has 24 heavy (non-hydrogen) atoms. The smallest absolute Gasteiger partial charge is 0.257 e. The molecule has 0 saturated carbocycles. The summed E-state index contributed by atoms with van der Waals surface area (Å²) in [5.74, 6) is -0.283. The molecule has 1 heterocycles. The summed E-state index contributed by atoms with van der Waals surface area (Å²) in [5.41, 5.74) is 4.99. The van der Waals surface area contributed by atoms with Crippen LogP contribution in [0.3, 0.4) is 0 Å². The quantitative estimate of drug-likeness (QED) is 0.884. The Hall–Kier alpha value is -2.56. The molecule has 0 bridgehead atoms. The van der Waals surface area contributed by atoms with E-state index in [-0.39, 0.29) is 11.8 Å². The number of amides is 2. The van der Waals surface area contributed by atoms with E-state index in [2.05, 4.69) is 29.0 Å². The predicted octanol–water partition coefficient (Wildman–Crippen LogP) is 4.20. The van der Waals surface area contributed by atoms with Gasteiger partial charge in [-0.2, -0.15) is 0 Å². The van der Waals surface area contributed by atoms with Gasteiger partial charge in [-0.05, 0) is 58.4 Å². The number of hydrogen-bond donors (Lipinski definition) is 2. The second-order valence-electron chi connectivity index (χ2n) is 6.41. The molecule has 1 aromatic heterocycles. The van der Waals surface area contributed by atoms with Crippen molar-refractivity contribution in [2.24, 2.45) is 0 Å². The van der Waals surface area contributed by atoms with E-state index in [1.807, 2.05) is 39.0 Å². The third-order valence-corrected chi connectivity index (χ3v) is 4.05. The average Bonchev–Trinajstić information content (AvgIpc) is 2.77. The average molecular weight is 327 g/mol. The number of carbonyl (C=O) groups is 2. The topological polar surface area (TPSA) is 63.1 Å². The van der Waals surface area contributed by atoms with E-state index >= 15 is 0 Å². The van der Waals surface area contributed by atoms with Gasteiger partial charge >= 0.3 is 0 Å². The Morgan fingerprint density at radius 1 is 1.04 bits per heavy atom. The minimum Gasteiger partial charge on any atom is -0.346 e. The first kappa shape index (κ1) is 17.8. The number of nitrogens with one attached hydrogen (secondary N) is 2. The highest BCUT2D eigenvalue weighted by molar-refractivity contribution is 6.05. The summed E-state index contributed by atoms with van der Waals surface area (Å²) in [6.45, 7) is 11.5. The van der Waals surface area contributed by atoms with Crippen LogP contribution in [0.4, 0.5) is 11.4 Å². The molecule has 0 radical (unpaired) electrons. The molecule has 0 atom stereocenters. The maximum atomic E-state index is 12.6. The van der Waals surface area contributed by atoms with Crippen molar-refractivity contribution >= 4 is 23.2 Å². The van der Waals surface area contributed by atoms with Gasteiger partial charge in [-0.15, -0.1) is 0 Å². The fourth-order valence-electron chi connectivity index (χ4n) is 3.02. The van der Waals surface area contributed by atoms with E-state index < -0.39 is 0 Å². The Morgan fingerprint density at radius 3 is 2.25 bits per heavy atom. The normalized spacial score (nSPS) is 10.8. The zero-order chi connectivity index (χ0) is 18.0. The highest BCUT2D eigenvalue weighted by Crippen LogP contribution is 2.23. The van der Waals surface area contributed by atoms with Crippen molar-refractivity contribution in [2.45, 2.75) is 47.6 Å². The summed E-state index contributed by atoms with van der Waals surface area (Å²) in [4.78, 5) is 23.9. The standard InChI is InChI=1S/C19H25N3O2/c1-11(2)22-13(4)9-17(14(22)5)19(24)21-16-8-7-12(3)18(10-16)20-15(6)23/h7-11H,1-6H3,(H,20,23)(H,21,24). The molecule has 0 saturated heterocycles. The summed E-state index contributed by atoms with van der Waals surface area (Å²) in [6, 6.07) is 7.69. The lowest BCUT2D eigenvalue weighted by molar-refractivity contribution is -0.114. The molecule has 5 heteroatoms. The summed E-state index contributed by atoms with van der Waals surface area (Å²) in [5, 5.41) is 5.69. The van der Waals surface area contributed by atoms with Crippen LogP contribution < -0.4 is 10.6 Å². The van der Waals surface area contributed by atoms with Crippen molar-refractivity contribution in [3.8, 4) is 0 Å². The van der Waals surface area contributed by atoms with E-state index in [1.54, 1.807) is 6.07 Å². The van der Waals surface area contributed by atoms with Gasteiger partial charge in [0.15, 0.2) is 0 Å². The van der Waals surface area contributed by atoms with Gasteiger partial charge in [0.2, 0.25) is 5.91 Å². The summed E-state index contributed by atoms with van der Waals surface area (Å²) in [7, 11) is 0. The Balaban J connectivity index is 2.27. The van der Waals surface area contributed by atoms with E-state index in [1.165, 1.54) is 6.92 Å². The Kier molecular flexibility index (Phi) is 5.12. The van der Waals surface area contributed by atoms with Gasteiger partial charge in [-0.25, -0.2) is 0 Å². The summed E-state index contributed by atoms with van der Waals surface area (Å²) >= 11 is 0. The van der Waals surface area contributed by atoms with Gasteiger partial charge in [0.05, 0.1) is 5.56 Å². The molecule has 128 valence electrons. The first-order valence-corrected chi connectivity index (χ1v) is 8.08. The molecule has 2 amide bonds. The van der Waals surface area contributed by atoms with Crippen LogP contribution in [0.1, 0.15) is 54.1 Å². The van der Waals surface area contributed by atoms with E-state index in [0.29, 0.717) is 23.0 Å². The predicted molar refractivity (Wildman–Crippen MR) is 97.7 cm³/mol. The number of aryl methyl sites for hydroxylation is 2. The number of rotatable bonds is 4. The van der Waals surface area contributed by atoms with Crippen LogP contribution in [0.2, 0.25) is 0 Å². The van der Waals surface area contributed by atoms with Gasteiger partial charge in [0.25, 0.3) is 5.91 Å². The minimum atomic E-state index is -0.146. The largest absolute Gasteiger partial charge is 0.346 e. The molecule has 2 rings (SSSR count). The van der Waals surface area contributed by atoms with Crippen LogP contribution in [0, 0.1) is 20.8 Å². The molecule has 2 N–H and O–H groups in total. The Bertz CT molecular complexity index is 788. The highest BCUT2D eigenvalue weighted by Gasteiger charge is 2.17. The monoisotopic (exact) mass is 327 g/mol. The van der Waals surface area contributed by atoms with E-state index in [4.69, 9.17) is 0 Å². The van der Waals surface area contributed by atoms with Gasteiger partial charge in [-0.1, -0.05) is 6.07 Å². The van der Waals surface area contributed by atoms with Crippen LogP contribution in [-0.4, -0.2) is 16.4 Å². The third kappa shape index (κ3) is 3.67. The molecule has 0 fully saturated rings. The number of nitrogens with zero attached hydrogens (tertiary/aromatic N) is 1. The fourth-order valence-corrected chi connectivity index (χ4v) is 3.02. The van der Waals surface area contributed by atoms with E-state index in [0.717, 1.165) is 17.0 Å². The molecule has 0 spiro atoms. The minimum absolute atomic E-state index is 0.137. The van der Waals surface area contributed by atoms with Crippen molar-refractivity contribution in [1.29, 1.82) is 0 Å². The number of hydrogen-bond acceptors (Lipinski definition) is 2. The second-order valence-corrected chi connectivity index (χ2v) is 6.41. The highest BCUT2D eigenvalue weighted by atomic mass is 16.2. The first-order chi connectivity index (χ1) is 11.2. The zero-order valence-corrected chi connectivity index (χ0v) is 15.2. The van der Waals surface area contributed by atoms with Gasteiger partial charge in [0.1, 0.15) is 0 Å². The fraction of sp³-hybridized carbons (Fsp3) is 0.368. The van der Waals surface area contributed by atoms with Crippen molar-refractivity contribution in [3.63, 3.8) is 0 Å².